The molecule has 1 saturated carbocycles. The first-order chi connectivity index (χ1) is 20.4. The number of anilines is 1. The van der Waals surface area contributed by atoms with Crippen LogP contribution in [-0.4, -0.2) is 41.4 Å². The van der Waals surface area contributed by atoms with Crippen molar-refractivity contribution in [2.45, 2.75) is 91.3 Å². The molecule has 1 aliphatic heterocycles. The van der Waals surface area contributed by atoms with E-state index in [9.17, 15) is 14.3 Å². The highest BCUT2D eigenvalue weighted by Gasteiger charge is 2.42. The van der Waals surface area contributed by atoms with Crippen LogP contribution in [0.5, 0.6) is 5.75 Å². The predicted molar refractivity (Wildman–Crippen MR) is 168 cm³/mol. The third-order valence-electron chi connectivity index (χ3n) is 8.92. The molecule has 1 spiro atoms. The van der Waals surface area contributed by atoms with Gasteiger partial charge in [0.05, 0.1) is 17.9 Å². The molecule has 230 valence electrons. The van der Waals surface area contributed by atoms with Crippen LogP contribution in [0.1, 0.15) is 87.9 Å². The Kier molecular flexibility index (Phi) is 9.12. The third-order valence-corrected chi connectivity index (χ3v) is 8.92. The van der Waals surface area contributed by atoms with Crippen LogP contribution in [-0.2, 0) is 16.0 Å². The van der Waals surface area contributed by atoms with Gasteiger partial charge < -0.3 is 19.5 Å². The molecule has 0 radical (unpaired) electrons. The quantitative estimate of drug-likeness (QED) is 0.272. The fourth-order valence-electron chi connectivity index (χ4n) is 6.91. The normalized spacial score (nSPS) is 17.3. The van der Waals surface area contributed by atoms with Gasteiger partial charge in [-0.05, 0) is 94.7 Å². The molecule has 3 aromatic rings. The zero-order valence-corrected chi connectivity index (χ0v) is 26.2. The van der Waals surface area contributed by atoms with Gasteiger partial charge in [0, 0.05) is 42.0 Å². The first kappa shape index (κ1) is 31.0. The summed E-state index contributed by atoms with van der Waals surface area (Å²) < 4.78 is 25.5. The summed E-state index contributed by atoms with van der Waals surface area (Å²) in [6.45, 7) is 11.9. The lowest BCUT2D eigenvalue weighted by molar-refractivity contribution is -0.160. The zero-order valence-electron chi connectivity index (χ0n) is 26.2. The lowest BCUT2D eigenvalue weighted by Gasteiger charge is -2.36. The number of carbonyl (C=O) groups is 1. The molecular weight excluding hydrogens is 543 g/mol. The minimum Gasteiger partial charge on any atom is -0.493 e. The van der Waals surface area contributed by atoms with Gasteiger partial charge in [-0.25, -0.2) is 9.18 Å². The molecule has 1 unspecified atom stereocenters. The van der Waals surface area contributed by atoms with Crippen LogP contribution in [0, 0.1) is 25.1 Å². The second-order valence-electron chi connectivity index (χ2n) is 13.3. The van der Waals surface area contributed by atoms with Gasteiger partial charge in [-0.2, -0.15) is 0 Å². The van der Waals surface area contributed by atoms with E-state index in [-0.39, 0.29) is 11.2 Å². The van der Waals surface area contributed by atoms with Crippen molar-refractivity contribution in [1.29, 1.82) is 0 Å². The molecule has 2 heterocycles. The van der Waals surface area contributed by atoms with E-state index in [0.29, 0.717) is 24.3 Å². The van der Waals surface area contributed by atoms with Crippen LogP contribution in [0.15, 0.2) is 48.5 Å². The number of aryl methyl sites for hydroxylation is 2. The first-order valence-corrected chi connectivity index (χ1v) is 15.6. The number of ether oxygens (including phenoxy) is 2. The molecule has 2 aromatic carbocycles. The number of aromatic nitrogens is 1. The monoisotopic (exact) mass is 588 g/mol. The van der Waals surface area contributed by atoms with Gasteiger partial charge >= 0.3 is 5.97 Å². The number of rotatable bonds is 9. The fourth-order valence-corrected chi connectivity index (χ4v) is 6.91. The van der Waals surface area contributed by atoms with Gasteiger partial charge in [-0.1, -0.05) is 43.5 Å². The third kappa shape index (κ3) is 7.20. The van der Waals surface area contributed by atoms with E-state index in [0.717, 1.165) is 53.3 Å². The summed E-state index contributed by atoms with van der Waals surface area (Å²) >= 11 is 0. The summed E-state index contributed by atoms with van der Waals surface area (Å²) in [6.07, 6.45) is 6.92. The number of halogens is 1. The maximum atomic E-state index is 13.2. The Morgan fingerprint density at radius 1 is 1.00 bits per heavy atom. The lowest BCUT2D eigenvalue weighted by Crippen LogP contribution is -2.33. The molecule has 1 atom stereocenters. The predicted octanol–water partition coefficient (Wildman–Crippen LogP) is 8.23. The van der Waals surface area contributed by atoms with Crippen molar-refractivity contribution in [3.63, 3.8) is 0 Å². The largest absolute Gasteiger partial charge is 0.493 e. The second kappa shape index (κ2) is 12.7. The Morgan fingerprint density at radius 3 is 2.30 bits per heavy atom. The number of nitrogens with zero attached hydrogens (tertiary/aromatic N) is 2. The minimum absolute atomic E-state index is 0.244. The van der Waals surface area contributed by atoms with E-state index in [1.165, 1.54) is 44.2 Å². The maximum absolute atomic E-state index is 13.2. The summed E-state index contributed by atoms with van der Waals surface area (Å²) in [5.41, 5.74) is 5.72. The number of carboxylic acid groups (broad SMARTS) is 1. The van der Waals surface area contributed by atoms with Crippen LogP contribution in [0.25, 0.3) is 11.1 Å². The Hall–Kier alpha value is -3.45. The average Bonchev–Trinajstić information content (AvgIpc) is 3.35. The molecule has 2 aliphatic rings. The summed E-state index contributed by atoms with van der Waals surface area (Å²) in [5, 5.41) is 10.5. The molecule has 1 aliphatic carbocycles. The summed E-state index contributed by atoms with van der Waals surface area (Å²) in [4.78, 5) is 20.1. The average molecular weight is 589 g/mol. The summed E-state index contributed by atoms with van der Waals surface area (Å²) in [6, 6.07) is 14.5. The number of pyridine rings is 1. The van der Waals surface area contributed by atoms with Gasteiger partial charge in [0.2, 0.25) is 0 Å². The zero-order chi connectivity index (χ0) is 30.8. The van der Waals surface area contributed by atoms with E-state index >= 15 is 0 Å². The highest BCUT2D eigenvalue weighted by atomic mass is 19.1. The SMILES string of the molecule is Cc1nc(C)c(C(OC(C)(C)C)C(=O)O)c(N2CCC3(CCCCC3)C2)c1-c1ccc(OCCc2ccc(F)cc2)cc1. The van der Waals surface area contributed by atoms with E-state index < -0.39 is 17.7 Å². The summed E-state index contributed by atoms with van der Waals surface area (Å²) in [5.74, 6) is -0.509. The van der Waals surface area contributed by atoms with Crippen LogP contribution >= 0.6 is 0 Å². The van der Waals surface area contributed by atoms with Crippen molar-refractivity contribution < 1.29 is 23.8 Å². The Bertz CT molecular complexity index is 1420. The molecule has 0 bridgehead atoms. The number of hydrogen-bond acceptors (Lipinski definition) is 5. The van der Waals surface area contributed by atoms with Crippen molar-refractivity contribution in [2.24, 2.45) is 5.41 Å². The molecular formula is C36H45FN2O4. The van der Waals surface area contributed by atoms with Gasteiger partial charge in [0.25, 0.3) is 0 Å². The lowest BCUT2D eigenvalue weighted by atomic mass is 9.73. The molecule has 5 rings (SSSR count). The standard InChI is InChI=1S/C36H45FN2O4/c1-24-30(27-11-15-29(16-12-27)42-22-17-26-9-13-28(37)14-10-26)32(39-21-20-36(23-39)18-7-6-8-19-36)31(25(2)38-24)33(34(40)41)43-35(3,4)5/h9-16,33H,6-8,17-23H2,1-5H3,(H,40,41). The van der Waals surface area contributed by atoms with Crippen LogP contribution < -0.4 is 9.64 Å². The number of hydrogen-bond donors (Lipinski definition) is 1. The Morgan fingerprint density at radius 2 is 1.67 bits per heavy atom. The first-order valence-electron chi connectivity index (χ1n) is 15.6. The number of carboxylic acids is 1. The maximum Gasteiger partial charge on any atom is 0.337 e. The highest BCUT2D eigenvalue weighted by molar-refractivity contribution is 5.88. The van der Waals surface area contributed by atoms with Gasteiger partial charge in [0.1, 0.15) is 11.6 Å². The number of aliphatic carboxylic acids is 1. The van der Waals surface area contributed by atoms with E-state index in [1.54, 1.807) is 12.1 Å². The van der Waals surface area contributed by atoms with Crippen molar-refractivity contribution in [3.8, 4) is 16.9 Å². The van der Waals surface area contributed by atoms with Crippen molar-refractivity contribution in [1.82, 2.24) is 4.98 Å². The number of benzene rings is 2. The van der Waals surface area contributed by atoms with Crippen LogP contribution in [0.3, 0.4) is 0 Å². The molecule has 1 N–H and O–H groups in total. The van der Waals surface area contributed by atoms with Crippen molar-refractivity contribution in [3.05, 3.63) is 76.9 Å². The Balaban J connectivity index is 1.51. The van der Waals surface area contributed by atoms with Crippen LogP contribution in [0.4, 0.5) is 10.1 Å². The van der Waals surface area contributed by atoms with Crippen LogP contribution in [0.2, 0.25) is 0 Å². The molecule has 0 amide bonds. The van der Waals surface area contributed by atoms with E-state index in [4.69, 9.17) is 14.5 Å². The van der Waals surface area contributed by atoms with Gasteiger partial charge in [-0.15, -0.1) is 0 Å². The minimum atomic E-state index is -1.14. The second-order valence-corrected chi connectivity index (χ2v) is 13.3. The summed E-state index contributed by atoms with van der Waals surface area (Å²) in [7, 11) is 0. The van der Waals surface area contributed by atoms with E-state index in [2.05, 4.69) is 4.90 Å². The van der Waals surface area contributed by atoms with Crippen molar-refractivity contribution >= 4 is 11.7 Å². The smallest absolute Gasteiger partial charge is 0.337 e. The highest BCUT2D eigenvalue weighted by Crippen LogP contribution is 2.49. The molecule has 2 fully saturated rings. The molecule has 7 heteroatoms. The molecule has 1 aromatic heterocycles. The van der Waals surface area contributed by atoms with Gasteiger partial charge in [0.15, 0.2) is 6.10 Å². The molecule has 6 nitrogen and oxygen atoms in total. The topological polar surface area (TPSA) is 71.9 Å². The van der Waals surface area contributed by atoms with E-state index in [1.807, 2.05) is 58.9 Å². The molecule has 1 saturated heterocycles. The fraction of sp³-hybridized carbons (Fsp3) is 0.500. The van der Waals surface area contributed by atoms with Gasteiger partial charge in [-0.3, -0.25) is 4.98 Å². The van der Waals surface area contributed by atoms with Crippen molar-refractivity contribution in [2.75, 3.05) is 24.6 Å². The Labute approximate surface area is 255 Å². The molecule has 43 heavy (non-hydrogen) atoms.